The highest BCUT2D eigenvalue weighted by Crippen LogP contribution is 2.59. The lowest BCUT2D eigenvalue weighted by Gasteiger charge is -2.37. The summed E-state index contributed by atoms with van der Waals surface area (Å²) in [6.45, 7) is 13.9. The monoisotopic (exact) mass is 476 g/mol. The number of aryl methyl sites for hydroxylation is 1. The fraction of sp³-hybridized carbons (Fsp3) is 0.531. The number of allylic oxidation sites excluding steroid dienone is 1. The van der Waals surface area contributed by atoms with Crippen LogP contribution in [-0.2, 0) is 20.5 Å². The summed E-state index contributed by atoms with van der Waals surface area (Å²) in [5, 5.41) is 0. The Morgan fingerprint density at radius 2 is 1.63 bits per heavy atom. The highest BCUT2D eigenvalue weighted by Gasteiger charge is 2.54. The first-order valence-corrected chi connectivity index (χ1v) is 13.5. The summed E-state index contributed by atoms with van der Waals surface area (Å²) in [4.78, 5) is 13.6. The van der Waals surface area contributed by atoms with E-state index >= 15 is 0 Å². The summed E-state index contributed by atoms with van der Waals surface area (Å²) in [6.07, 6.45) is 9.92. The molecule has 0 amide bonds. The van der Waals surface area contributed by atoms with E-state index in [-0.39, 0.29) is 18.0 Å². The van der Waals surface area contributed by atoms with E-state index in [2.05, 4.69) is 52.8 Å². The molecule has 3 heteroatoms. The zero-order chi connectivity index (χ0) is 25.5. The second-order valence-corrected chi connectivity index (χ2v) is 10.1. The SMILES string of the molecule is C/C=C1/C(CCCC)(CCCC)c2cc(C(=O)c3ccccc3C)ccc2C1(C)OCOCCC. The third kappa shape index (κ3) is 5.32. The van der Waals surface area contributed by atoms with Gasteiger partial charge in [-0.05, 0) is 68.4 Å². The van der Waals surface area contributed by atoms with Crippen LogP contribution < -0.4 is 0 Å². The summed E-state index contributed by atoms with van der Waals surface area (Å²) >= 11 is 0. The quantitative estimate of drug-likeness (QED) is 0.126. The first-order chi connectivity index (χ1) is 16.9. The Balaban J connectivity index is 2.17. The molecule has 3 nitrogen and oxygen atoms in total. The molecule has 2 aromatic carbocycles. The van der Waals surface area contributed by atoms with Crippen molar-refractivity contribution in [2.24, 2.45) is 0 Å². The molecular formula is C32H44O3. The van der Waals surface area contributed by atoms with Crippen molar-refractivity contribution in [1.29, 1.82) is 0 Å². The number of carbonyl (C=O) groups excluding carboxylic acids is 1. The third-order valence-corrected chi connectivity index (χ3v) is 7.71. The lowest BCUT2D eigenvalue weighted by Crippen LogP contribution is -2.33. The van der Waals surface area contributed by atoms with Crippen molar-refractivity contribution >= 4 is 5.78 Å². The van der Waals surface area contributed by atoms with Crippen molar-refractivity contribution in [2.75, 3.05) is 13.4 Å². The summed E-state index contributed by atoms with van der Waals surface area (Å²) in [5.41, 5.74) is 5.62. The first-order valence-electron chi connectivity index (χ1n) is 13.5. The Labute approximate surface area is 212 Å². The van der Waals surface area contributed by atoms with Crippen LogP contribution in [0, 0.1) is 6.92 Å². The average molecular weight is 477 g/mol. The van der Waals surface area contributed by atoms with Gasteiger partial charge in [0.1, 0.15) is 12.4 Å². The molecule has 0 heterocycles. The van der Waals surface area contributed by atoms with E-state index < -0.39 is 5.60 Å². The zero-order valence-corrected chi connectivity index (χ0v) is 22.7. The Bertz CT molecular complexity index is 1030. The van der Waals surface area contributed by atoms with Gasteiger partial charge in [0.25, 0.3) is 0 Å². The minimum Gasteiger partial charge on any atom is -0.355 e. The summed E-state index contributed by atoms with van der Waals surface area (Å²) < 4.78 is 12.3. The zero-order valence-electron chi connectivity index (χ0n) is 22.7. The molecule has 1 atom stereocenters. The Morgan fingerprint density at radius 1 is 0.943 bits per heavy atom. The van der Waals surface area contributed by atoms with Crippen LogP contribution in [0.2, 0.25) is 0 Å². The maximum Gasteiger partial charge on any atom is 0.193 e. The van der Waals surface area contributed by atoms with E-state index in [1.54, 1.807) is 0 Å². The van der Waals surface area contributed by atoms with Crippen molar-refractivity contribution < 1.29 is 14.3 Å². The smallest absolute Gasteiger partial charge is 0.193 e. The van der Waals surface area contributed by atoms with Crippen molar-refractivity contribution in [3.63, 3.8) is 0 Å². The molecule has 2 aromatic rings. The van der Waals surface area contributed by atoms with Crippen LogP contribution in [0.5, 0.6) is 0 Å². The Kier molecular flexibility index (Phi) is 9.49. The maximum atomic E-state index is 13.6. The molecule has 0 saturated heterocycles. The molecule has 0 bridgehead atoms. The minimum absolute atomic E-state index is 0.0913. The van der Waals surface area contributed by atoms with Gasteiger partial charge in [0, 0.05) is 23.1 Å². The number of rotatable bonds is 13. The van der Waals surface area contributed by atoms with Gasteiger partial charge < -0.3 is 9.47 Å². The maximum absolute atomic E-state index is 13.6. The van der Waals surface area contributed by atoms with Crippen molar-refractivity contribution in [2.45, 2.75) is 97.5 Å². The predicted octanol–water partition coefficient (Wildman–Crippen LogP) is 8.42. The number of fused-ring (bicyclic) bond motifs is 1. The van der Waals surface area contributed by atoms with E-state index in [4.69, 9.17) is 9.47 Å². The van der Waals surface area contributed by atoms with E-state index in [0.29, 0.717) is 6.61 Å². The van der Waals surface area contributed by atoms with E-state index in [0.717, 1.165) is 61.6 Å². The van der Waals surface area contributed by atoms with E-state index in [9.17, 15) is 4.79 Å². The highest BCUT2D eigenvalue weighted by molar-refractivity contribution is 6.10. The van der Waals surface area contributed by atoms with Crippen molar-refractivity contribution in [1.82, 2.24) is 0 Å². The van der Waals surface area contributed by atoms with Crippen molar-refractivity contribution in [3.8, 4) is 0 Å². The average Bonchev–Trinajstić information content (AvgIpc) is 3.07. The lowest BCUT2D eigenvalue weighted by atomic mass is 9.69. The van der Waals surface area contributed by atoms with Gasteiger partial charge >= 0.3 is 0 Å². The molecular weight excluding hydrogens is 432 g/mol. The van der Waals surface area contributed by atoms with Crippen LogP contribution >= 0.6 is 0 Å². The van der Waals surface area contributed by atoms with Gasteiger partial charge in [-0.2, -0.15) is 0 Å². The number of hydrogen-bond acceptors (Lipinski definition) is 3. The molecule has 0 aliphatic heterocycles. The summed E-state index contributed by atoms with van der Waals surface area (Å²) in [5.74, 6) is 0.0913. The van der Waals surface area contributed by atoms with E-state index in [1.165, 1.54) is 16.7 Å². The number of ketones is 1. The van der Waals surface area contributed by atoms with Gasteiger partial charge in [0.15, 0.2) is 5.78 Å². The number of benzene rings is 2. The first kappa shape index (κ1) is 27.4. The molecule has 0 fully saturated rings. The standard InChI is InChI=1S/C32H44O3/c1-7-11-19-32(20-12-8-2)28-22-25(30(33)26-16-14-13-15-24(26)5)17-18-27(28)31(6,29(32)10-4)35-23-34-21-9-3/h10,13-18,22H,7-9,11-12,19-21,23H2,1-6H3/b29-10+. The molecule has 0 radical (unpaired) electrons. The second kappa shape index (κ2) is 12.1. The lowest BCUT2D eigenvalue weighted by molar-refractivity contribution is -0.123. The van der Waals surface area contributed by atoms with Crippen LogP contribution in [0.15, 0.2) is 54.1 Å². The number of ether oxygens (including phenoxy) is 2. The van der Waals surface area contributed by atoms with Gasteiger partial charge in [0.05, 0.1) is 0 Å². The molecule has 1 aliphatic rings. The topological polar surface area (TPSA) is 35.5 Å². The Hall–Kier alpha value is -2.23. The number of carbonyl (C=O) groups is 1. The Morgan fingerprint density at radius 3 is 2.23 bits per heavy atom. The summed E-state index contributed by atoms with van der Waals surface area (Å²) in [6, 6.07) is 14.2. The van der Waals surface area contributed by atoms with Gasteiger partial charge in [0.2, 0.25) is 0 Å². The van der Waals surface area contributed by atoms with Gasteiger partial charge in [-0.3, -0.25) is 4.79 Å². The molecule has 0 aromatic heterocycles. The predicted molar refractivity (Wildman–Crippen MR) is 145 cm³/mol. The molecule has 35 heavy (non-hydrogen) atoms. The fourth-order valence-corrected chi connectivity index (χ4v) is 5.92. The highest BCUT2D eigenvalue weighted by atomic mass is 16.7. The molecule has 3 rings (SSSR count). The third-order valence-electron chi connectivity index (χ3n) is 7.71. The van der Waals surface area contributed by atoms with E-state index in [1.807, 2.05) is 37.3 Å². The molecule has 0 spiro atoms. The summed E-state index contributed by atoms with van der Waals surface area (Å²) in [7, 11) is 0. The molecule has 0 saturated carbocycles. The number of unbranched alkanes of at least 4 members (excludes halogenated alkanes) is 2. The van der Waals surface area contributed by atoms with Gasteiger partial charge in [-0.25, -0.2) is 0 Å². The van der Waals surface area contributed by atoms with Crippen LogP contribution in [0.25, 0.3) is 0 Å². The normalized spacial score (nSPS) is 19.8. The van der Waals surface area contributed by atoms with Crippen LogP contribution in [-0.4, -0.2) is 19.2 Å². The van der Waals surface area contributed by atoms with Crippen molar-refractivity contribution in [3.05, 3.63) is 81.9 Å². The van der Waals surface area contributed by atoms with Gasteiger partial charge in [-0.15, -0.1) is 0 Å². The minimum atomic E-state index is -0.566. The van der Waals surface area contributed by atoms with Crippen LogP contribution in [0.4, 0.5) is 0 Å². The largest absolute Gasteiger partial charge is 0.355 e. The molecule has 1 aliphatic carbocycles. The van der Waals surface area contributed by atoms with Gasteiger partial charge in [-0.1, -0.05) is 88.9 Å². The van der Waals surface area contributed by atoms with Crippen LogP contribution in [0.3, 0.4) is 0 Å². The molecule has 1 unspecified atom stereocenters. The van der Waals surface area contributed by atoms with Crippen LogP contribution in [0.1, 0.15) is 112 Å². The molecule has 190 valence electrons. The molecule has 0 N–H and O–H groups in total. The fourth-order valence-electron chi connectivity index (χ4n) is 5.92. The number of hydrogen-bond donors (Lipinski definition) is 0. The second-order valence-electron chi connectivity index (χ2n) is 10.1.